The van der Waals surface area contributed by atoms with Crippen LogP contribution >= 0.6 is 0 Å². The molecule has 1 aliphatic carbocycles. The minimum atomic E-state index is -0.330. The average Bonchev–Trinajstić information content (AvgIpc) is 3.04. The Kier molecular flexibility index (Phi) is 6.66. The summed E-state index contributed by atoms with van der Waals surface area (Å²) >= 11 is 0. The molecule has 1 saturated carbocycles. The van der Waals surface area contributed by atoms with Gasteiger partial charge in [0.2, 0.25) is 11.8 Å². The summed E-state index contributed by atoms with van der Waals surface area (Å²) in [6.07, 6.45) is 11.2. The standard InChI is InChI=1S/C19H31N5O2/c1-23-13-16(12-22-23)7-8-20-18(25)11-17-19(26)21-9-10-24(17)14-15-5-3-2-4-6-15/h12-13,15,17H,2-11,14H2,1H3,(H,20,25)(H,21,26)/t17-/m1/s1. The Morgan fingerprint density at radius 3 is 2.88 bits per heavy atom. The Hall–Kier alpha value is -1.89. The monoisotopic (exact) mass is 361 g/mol. The van der Waals surface area contributed by atoms with E-state index >= 15 is 0 Å². The van der Waals surface area contributed by atoms with Crippen LogP contribution in [0.3, 0.4) is 0 Å². The lowest BCUT2D eigenvalue weighted by atomic mass is 9.88. The predicted octanol–water partition coefficient (Wildman–Crippen LogP) is 0.850. The van der Waals surface area contributed by atoms with Crippen molar-refractivity contribution in [2.45, 2.75) is 51.0 Å². The highest BCUT2D eigenvalue weighted by atomic mass is 16.2. The number of nitrogens with one attached hydrogen (secondary N) is 2. The van der Waals surface area contributed by atoms with Crippen LogP contribution in [0.2, 0.25) is 0 Å². The quantitative estimate of drug-likeness (QED) is 0.755. The van der Waals surface area contributed by atoms with Crippen molar-refractivity contribution in [3.63, 3.8) is 0 Å². The van der Waals surface area contributed by atoms with Gasteiger partial charge in [0.25, 0.3) is 0 Å². The van der Waals surface area contributed by atoms with E-state index in [0.717, 1.165) is 25.1 Å². The van der Waals surface area contributed by atoms with Crippen molar-refractivity contribution in [3.05, 3.63) is 18.0 Å². The number of piperazine rings is 1. The van der Waals surface area contributed by atoms with Crippen LogP contribution in [0.25, 0.3) is 0 Å². The molecular weight excluding hydrogens is 330 g/mol. The summed E-state index contributed by atoms with van der Waals surface area (Å²) in [6, 6.07) is -0.330. The van der Waals surface area contributed by atoms with E-state index in [1.807, 2.05) is 19.4 Å². The number of carbonyl (C=O) groups is 2. The molecular formula is C19H31N5O2. The lowest BCUT2D eigenvalue weighted by molar-refractivity contribution is -0.134. The highest BCUT2D eigenvalue weighted by molar-refractivity contribution is 5.88. The van der Waals surface area contributed by atoms with Gasteiger partial charge in [0.15, 0.2) is 0 Å². The molecule has 0 bridgehead atoms. The fraction of sp³-hybridized carbons (Fsp3) is 0.737. The molecule has 1 aromatic rings. The van der Waals surface area contributed by atoms with Gasteiger partial charge in [0.05, 0.1) is 18.7 Å². The number of nitrogens with zero attached hydrogens (tertiary/aromatic N) is 3. The summed E-state index contributed by atoms with van der Waals surface area (Å²) in [5.74, 6) is 0.616. The third-order valence-electron chi connectivity index (χ3n) is 5.53. The van der Waals surface area contributed by atoms with Gasteiger partial charge in [0, 0.05) is 39.4 Å². The van der Waals surface area contributed by atoms with Crippen LogP contribution in [0.1, 0.15) is 44.1 Å². The highest BCUT2D eigenvalue weighted by Crippen LogP contribution is 2.25. The van der Waals surface area contributed by atoms with E-state index in [9.17, 15) is 9.59 Å². The van der Waals surface area contributed by atoms with E-state index in [0.29, 0.717) is 19.0 Å². The van der Waals surface area contributed by atoms with Crippen molar-refractivity contribution in [1.82, 2.24) is 25.3 Å². The third-order valence-corrected chi connectivity index (χ3v) is 5.53. The number of aryl methyl sites for hydroxylation is 1. The molecule has 1 aliphatic heterocycles. The molecule has 1 saturated heterocycles. The zero-order valence-electron chi connectivity index (χ0n) is 15.7. The van der Waals surface area contributed by atoms with E-state index < -0.39 is 0 Å². The van der Waals surface area contributed by atoms with Gasteiger partial charge in [-0.2, -0.15) is 5.10 Å². The van der Waals surface area contributed by atoms with Gasteiger partial charge in [-0.05, 0) is 30.7 Å². The predicted molar refractivity (Wildman–Crippen MR) is 99.5 cm³/mol. The maximum Gasteiger partial charge on any atom is 0.237 e. The van der Waals surface area contributed by atoms with Crippen LogP contribution in [0.4, 0.5) is 0 Å². The Balaban J connectivity index is 1.47. The molecule has 1 aromatic heterocycles. The molecule has 2 fully saturated rings. The fourth-order valence-electron chi connectivity index (χ4n) is 4.10. The van der Waals surface area contributed by atoms with Gasteiger partial charge in [-0.1, -0.05) is 19.3 Å². The fourth-order valence-corrected chi connectivity index (χ4v) is 4.10. The lowest BCUT2D eigenvalue weighted by Crippen LogP contribution is -2.57. The molecule has 0 unspecified atom stereocenters. The molecule has 0 spiro atoms. The van der Waals surface area contributed by atoms with Gasteiger partial charge in [0.1, 0.15) is 0 Å². The van der Waals surface area contributed by atoms with Crippen LogP contribution in [0.15, 0.2) is 12.4 Å². The molecule has 2 amide bonds. The lowest BCUT2D eigenvalue weighted by Gasteiger charge is -2.37. The first-order valence-electron chi connectivity index (χ1n) is 9.88. The number of rotatable bonds is 7. The molecule has 3 rings (SSSR count). The van der Waals surface area contributed by atoms with Gasteiger partial charge < -0.3 is 10.6 Å². The Labute approximate surface area is 155 Å². The summed E-state index contributed by atoms with van der Waals surface area (Å²) in [6.45, 7) is 3.04. The second kappa shape index (κ2) is 9.16. The van der Waals surface area contributed by atoms with Gasteiger partial charge >= 0.3 is 0 Å². The summed E-state index contributed by atoms with van der Waals surface area (Å²) in [4.78, 5) is 26.9. The highest BCUT2D eigenvalue weighted by Gasteiger charge is 2.33. The first-order valence-corrected chi connectivity index (χ1v) is 9.88. The van der Waals surface area contributed by atoms with E-state index in [1.165, 1.54) is 32.1 Å². The number of amides is 2. The number of hydrogen-bond donors (Lipinski definition) is 2. The van der Waals surface area contributed by atoms with Crippen LogP contribution in [-0.2, 0) is 23.1 Å². The first kappa shape index (κ1) is 18.9. The summed E-state index contributed by atoms with van der Waals surface area (Å²) in [5, 5.41) is 10.00. The van der Waals surface area contributed by atoms with Crippen molar-refractivity contribution in [1.29, 1.82) is 0 Å². The Morgan fingerprint density at radius 2 is 2.15 bits per heavy atom. The van der Waals surface area contributed by atoms with Crippen molar-refractivity contribution in [2.24, 2.45) is 13.0 Å². The molecule has 144 valence electrons. The zero-order valence-corrected chi connectivity index (χ0v) is 15.7. The number of hydrogen-bond acceptors (Lipinski definition) is 4. The maximum atomic E-state index is 12.4. The van der Waals surface area contributed by atoms with E-state index in [4.69, 9.17) is 0 Å². The summed E-state index contributed by atoms with van der Waals surface area (Å²) < 4.78 is 1.76. The minimum Gasteiger partial charge on any atom is -0.356 e. The van der Waals surface area contributed by atoms with Gasteiger partial charge in [-0.15, -0.1) is 0 Å². The normalized spacial score (nSPS) is 22.2. The molecule has 0 radical (unpaired) electrons. The van der Waals surface area contributed by atoms with Crippen LogP contribution in [0, 0.1) is 5.92 Å². The summed E-state index contributed by atoms with van der Waals surface area (Å²) in [7, 11) is 1.88. The second-order valence-corrected chi connectivity index (χ2v) is 7.63. The van der Waals surface area contributed by atoms with Crippen molar-refractivity contribution < 1.29 is 9.59 Å². The molecule has 2 aliphatic rings. The molecule has 2 N–H and O–H groups in total. The van der Waals surface area contributed by atoms with Crippen LogP contribution < -0.4 is 10.6 Å². The third kappa shape index (κ3) is 5.30. The molecule has 7 nitrogen and oxygen atoms in total. The largest absolute Gasteiger partial charge is 0.356 e. The minimum absolute atomic E-state index is 0.00512. The Bertz CT molecular complexity index is 609. The zero-order chi connectivity index (χ0) is 18.4. The molecule has 0 aromatic carbocycles. The smallest absolute Gasteiger partial charge is 0.237 e. The Morgan fingerprint density at radius 1 is 1.35 bits per heavy atom. The topological polar surface area (TPSA) is 79.3 Å². The van der Waals surface area contributed by atoms with E-state index in [2.05, 4.69) is 20.6 Å². The molecule has 7 heteroatoms. The average molecular weight is 361 g/mol. The van der Waals surface area contributed by atoms with Crippen LogP contribution in [-0.4, -0.2) is 58.7 Å². The van der Waals surface area contributed by atoms with E-state index in [1.54, 1.807) is 4.68 Å². The maximum absolute atomic E-state index is 12.4. The first-order chi connectivity index (χ1) is 12.6. The van der Waals surface area contributed by atoms with Crippen molar-refractivity contribution in [2.75, 3.05) is 26.2 Å². The number of aromatic nitrogens is 2. The SMILES string of the molecule is Cn1cc(CCNC(=O)C[C@@H]2C(=O)NCCN2CC2CCCCC2)cn1. The molecule has 26 heavy (non-hydrogen) atoms. The van der Waals surface area contributed by atoms with Crippen molar-refractivity contribution >= 4 is 11.8 Å². The van der Waals surface area contributed by atoms with Crippen molar-refractivity contribution in [3.8, 4) is 0 Å². The van der Waals surface area contributed by atoms with E-state index in [-0.39, 0.29) is 24.3 Å². The summed E-state index contributed by atoms with van der Waals surface area (Å²) in [5.41, 5.74) is 1.10. The number of carbonyl (C=O) groups excluding carboxylic acids is 2. The van der Waals surface area contributed by atoms with Gasteiger partial charge in [-0.25, -0.2) is 0 Å². The molecule has 2 heterocycles. The molecule has 1 atom stereocenters. The van der Waals surface area contributed by atoms with Gasteiger partial charge in [-0.3, -0.25) is 19.2 Å². The second-order valence-electron chi connectivity index (χ2n) is 7.63. The van der Waals surface area contributed by atoms with Crippen LogP contribution in [0.5, 0.6) is 0 Å².